The average molecular weight is 638 g/mol. The molecule has 13 heteroatoms. The maximum atomic E-state index is 15.2. The first kappa shape index (κ1) is 31.1. The molecule has 46 heavy (non-hydrogen) atoms. The van der Waals surface area contributed by atoms with Gasteiger partial charge in [-0.2, -0.15) is 13.2 Å². The fraction of sp³-hybridized carbons (Fsp3) is 0.333. The lowest BCUT2D eigenvalue weighted by Gasteiger charge is -2.48. The highest BCUT2D eigenvalue weighted by molar-refractivity contribution is 5.97. The van der Waals surface area contributed by atoms with Crippen molar-refractivity contribution in [3.8, 4) is 28.4 Å². The molecule has 240 valence electrons. The fourth-order valence-corrected chi connectivity index (χ4v) is 6.39. The molecule has 1 saturated heterocycles. The van der Waals surface area contributed by atoms with Gasteiger partial charge < -0.3 is 19.6 Å². The van der Waals surface area contributed by atoms with Crippen LogP contribution in [0.5, 0.6) is 11.5 Å². The van der Waals surface area contributed by atoms with Crippen molar-refractivity contribution in [2.24, 2.45) is 0 Å². The molecule has 2 atom stereocenters. The van der Waals surface area contributed by atoms with Crippen LogP contribution in [0.1, 0.15) is 43.5 Å². The maximum absolute atomic E-state index is 15.2. The number of nitrogens with zero attached hydrogens (tertiary/aromatic N) is 5. The second-order valence-electron chi connectivity index (χ2n) is 11.9. The highest BCUT2D eigenvalue weighted by Gasteiger charge is 2.43. The van der Waals surface area contributed by atoms with E-state index in [2.05, 4.69) is 16.5 Å². The van der Waals surface area contributed by atoms with Crippen LogP contribution < -0.4 is 15.2 Å². The van der Waals surface area contributed by atoms with Crippen LogP contribution >= 0.6 is 0 Å². The lowest BCUT2D eigenvalue weighted by atomic mass is 9.98. The fourth-order valence-electron chi connectivity index (χ4n) is 6.39. The molecule has 3 aromatic heterocycles. The van der Waals surface area contributed by atoms with Gasteiger partial charge >= 0.3 is 11.7 Å². The van der Waals surface area contributed by atoms with Gasteiger partial charge in [0.15, 0.2) is 5.65 Å². The average Bonchev–Trinajstić information content (AvgIpc) is 2.99. The molecule has 1 aromatic carbocycles. The summed E-state index contributed by atoms with van der Waals surface area (Å²) in [7, 11) is 0. The van der Waals surface area contributed by atoms with Crippen molar-refractivity contribution in [1.82, 2.24) is 19.4 Å². The standard InChI is InChI=1S/C33H31F4N5O4/c1-6-24(44)40-14-19-15-46-30-29(41(19)13-18(40)5)20-12-21(33(35,36)37)27(25-22(34)8-7-9-23(25)43)39-31(20)42(32(30)45)28-17(4)10-11-38-26(28)16(2)3/h6-12,16,18-19,43H,1,13-15H2,2-5H3. The Labute approximate surface area is 261 Å². The van der Waals surface area contributed by atoms with E-state index in [1.165, 1.54) is 10.6 Å². The Kier molecular flexibility index (Phi) is 7.52. The summed E-state index contributed by atoms with van der Waals surface area (Å²) in [4.78, 5) is 39.3. The molecule has 2 aliphatic rings. The number of rotatable bonds is 4. The van der Waals surface area contributed by atoms with Crippen molar-refractivity contribution >= 4 is 22.6 Å². The number of halogens is 4. The molecule has 1 amide bonds. The Morgan fingerprint density at radius 3 is 2.59 bits per heavy atom. The van der Waals surface area contributed by atoms with Crippen molar-refractivity contribution in [3.05, 3.63) is 82.2 Å². The molecule has 4 aromatic rings. The third kappa shape index (κ3) is 4.85. The summed E-state index contributed by atoms with van der Waals surface area (Å²) < 4.78 is 67.0. The first-order chi connectivity index (χ1) is 21.7. The van der Waals surface area contributed by atoms with E-state index in [-0.39, 0.29) is 60.0 Å². The smallest absolute Gasteiger partial charge is 0.418 e. The Bertz CT molecular complexity index is 1950. The molecular formula is C33H31F4N5O4. The number of hydrogen-bond acceptors (Lipinski definition) is 7. The van der Waals surface area contributed by atoms with Gasteiger partial charge in [0.2, 0.25) is 11.7 Å². The number of carbonyl (C=O) groups is 1. The van der Waals surface area contributed by atoms with E-state index in [0.29, 0.717) is 16.9 Å². The van der Waals surface area contributed by atoms with Crippen LogP contribution in [0.3, 0.4) is 0 Å². The van der Waals surface area contributed by atoms with E-state index in [9.17, 15) is 27.9 Å². The molecule has 0 aliphatic carbocycles. The molecule has 6 rings (SSSR count). The van der Waals surface area contributed by atoms with Crippen LogP contribution in [0.4, 0.5) is 23.2 Å². The number of carbonyl (C=O) groups excluding carboxylic acids is 1. The quantitative estimate of drug-likeness (QED) is 0.226. The van der Waals surface area contributed by atoms with Crippen LogP contribution in [0, 0.1) is 12.7 Å². The minimum absolute atomic E-state index is 0.00874. The number of phenolic OH excluding ortho intramolecular Hbond substituents is 1. The minimum atomic E-state index is -5.04. The minimum Gasteiger partial charge on any atom is -0.507 e. The van der Waals surface area contributed by atoms with Gasteiger partial charge in [-0.1, -0.05) is 26.5 Å². The SMILES string of the molecule is C=CC(=O)N1CC2COc3c(c4cc(C(F)(F)F)c(-c5c(O)cccc5F)nc4n(-c4c(C)ccnc4C(C)C)c3=O)N2CC1C. The summed E-state index contributed by atoms with van der Waals surface area (Å²) >= 11 is 0. The summed E-state index contributed by atoms with van der Waals surface area (Å²) in [6.07, 6.45) is -2.27. The Morgan fingerprint density at radius 1 is 1.20 bits per heavy atom. The normalized spacial score (nSPS) is 17.9. The largest absolute Gasteiger partial charge is 0.507 e. The lowest BCUT2D eigenvalue weighted by Crippen LogP contribution is -2.62. The van der Waals surface area contributed by atoms with Gasteiger partial charge in [0, 0.05) is 30.7 Å². The monoisotopic (exact) mass is 637 g/mol. The van der Waals surface area contributed by atoms with Crippen LogP contribution in [-0.4, -0.2) is 62.2 Å². The van der Waals surface area contributed by atoms with E-state index in [4.69, 9.17) is 4.74 Å². The zero-order chi connectivity index (χ0) is 33.2. The number of alkyl halides is 3. The molecule has 2 unspecified atom stereocenters. The number of anilines is 1. The highest BCUT2D eigenvalue weighted by Crippen LogP contribution is 2.46. The Balaban J connectivity index is 1.77. The second kappa shape index (κ2) is 11.1. The Morgan fingerprint density at radius 2 is 1.93 bits per heavy atom. The number of amides is 1. The van der Waals surface area contributed by atoms with Crippen molar-refractivity contribution in [2.75, 3.05) is 24.6 Å². The van der Waals surface area contributed by atoms with Gasteiger partial charge in [-0.25, -0.2) is 9.37 Å². The van der Waals surface area contributed by atoms with Gasteiger partial charge in [0.25, 0.3) is 0 Å². The summed E-state index contributed by atoms with van der Waals surface area (Å²) in [5, 5.41) is 10.5. The lowest BCUT2D eigenvalue weighted by molar-refractivity contribution is -0.137. The summed E-state index contributed by atoms with van der Waals surface area (Å²) in [5.74, 6) is -2.55. The van der Waals surface area contributed by atoms with Crippen LogP contribution in [0.25, 0.3) is 28.0 Å². The molecule has 1 fully saturated rings. The molecule has 1 N–H and O–H groups in total. The van der Waals surface area contributed by atoms with Crippen molar-refractivity contribution < 1.29 is 32.2 Å². The number of hydrogen-bond donors (Lipinski definition) is 1. The molecule has 9 nitrogen and oxygen atoms in total. The third-order valence-electron chi connectivity index (χ3n) is 8.55. The van der Waals surface area contributed by atoms with Crippen molar-refractivity contribution in [2.45, 2.75) is 51.9 Å². The predicted octanol–water partition coefficient (Wildman–Crippen LogP) is 5.73. The topological polar surface area (TPSA) is 101 Å². The first-order valence-electron chi connectivity index (χ1n) is 14.7. The zero-order valence-corrected chi connectivity index (χ0v) is 25.5. The predicted molar refractivity (Wildman–Crippen MR) is 164 cm³/mol. The molecule has 2 aliphatic heterocycles. The van der Waals surface area contributed by atoms with E-state index in [1.54, 1.807) is 35.9 Å². The number of benzene rings is 1. The van der Waals surface area contributed by atoms with E-state index >= 15 is 4.39 Å². The molecule has 0 saturated carbocycles. The summed E-state index contributed by atoms with van der Waals surface area (Å²) in [6.45, 7) is 11.2. The summed E-state index contributed by atoms with van der Waals surface area (Å²) in [5.41, 5.74) is -2.33. The number of ether oxygens (including phenoxy) is 1. The van der Waals surface area contributed by atoms with Gasteiger partial charge in [-0.3, -0.25) is 19.1 Å². The highest BCUT2D eigenvalue weighted by atomic mass is 19.4. The second-order valence-corrected chi connectivity index (χ2v) is 11.9. The van der Waals surface area contributed by atoms with Gasteiger partial charge in [0.1, 0.15) is 18.2 Å². The number of fused-ring (bicyclic) bond motifs is 5. The maximum Gasteiger partial charge on any atom is 0.418 e. The number of piperazine rings is 1. The molecule has 0 spiro atoms. The number of pyridine rings is 3. The molecule has 0 radical (unpaired) electrons. The zero-order valence-electron chi connectivity index (χ0n) is 25.5. The van der Waals surface area contributed by atoms with Gasteiger partial charge in [-0.05, 0) is 55.7 Å². The van der Waals surface area contributed by atoms with Crippen LogP contribution in [0.15, 0.2) is 54.0 Å². The molecule has 0 bridgehead atoms. The molecular weight excluding hydrogens is 606 g/mol. The first-order valence-corrected chi connectivity index (χ1v) is 14.7. The van der Waals surface area contributed by atoms with Crippen LogP contribution in [0.2, 0.25) is 0 Å². The van der Waals surface area contributed by atoms with Crippen molar-refractivity contribution in [1.29, 1.82) is 0 Å². The van der Waals surface area contributed by atoms with Gasteiger partial charge in [-0.15, -0.1) is 0 Å². The van der Waals surface area contributed by atoms with Crippen molar-refractivity contribution in [3.63, 3.8) is 0 Å². The van der Waals surface area contributed by atoms with E-state index < -0.39 is 46.2 Å². The van der Waals surface area contributed by atoms with E-state index in [1.807, 2.05) is 13.8 Å². The number of aromatic nitrogens is 3. The number of aryl methyl sites for hydroxylation is 1. The van der Waals surface area contributed by atoms with Crippen LogP contribution in [-0.2, 0) is 11.0 Å². The number of phenols is 1. The molecule has 5 heterocycles. The van der Waals surface area contributed by atoms with E-state index in [0.717, 1.165) is 24.3 Å². The Hall–Kier alpha value is -4.94. The van der Waals surface area contributed by atoms with Gasteiger partial charge in [0.05, 0.1) is 39.9 Å². The third-order valence-corrected chi connectivity index (χ3v) is 8.55. The number of aromatic hydroxyl groups is 1. The summed E-state index contributed by atoms with van der Waals surface area (Å²) in [6, 6.07) is 4.77.